The number of hydrogen-bond acceptors (Lipinski definition) is 3. The van der Waals surface area contributed by atoms with Gasteiger partial charge in [0, 0.05) is 31.1 Å². The first kappa shape index (κ1) is 12.2. The lowest BCUT2D eigenvalue weighted by atomic mass is 10.2. The molecule has 2 fully saturated rings. The molecule has 1 aliphatic heterocycles. The molecule has 2 heterocycles. The van der Waals surface area contributed by atoms with Crippen molar-refractivity contribution in [3.63, 3.8) is 0 Å². The number of imidazole rings is 1. The molecule has 4 heteroatoms. The molecular weight excluding hydrogens is 226 g/mol. The lowest BCUT2D eigenvalue weighted by molar-refractivity contribution is 0.0808. The van der Waals surface area contributed by atoms with Gasteiger partial charge >= 0.3 is 0 Å². The molecule has 1 aromatic heterocycles. The summed E-state index contributed by atoms with van der Waals surface area (Å²) in [5.74, 6) is 1.24. The first-order valence-corrected chi connectivity index (χ1v) is 7.22. The van der Waals surface area contributed by atoms with Crippen molar-refractivity contribution >= 4 is 0 Å². The summed E-state index contributed by atoms with van der Waals surface area (Å²) in [7, 11) is 0. The summed E-state index contributed by atoms with van der Waals surface area (Å²) >= 11 is 0. The largest absolute Gasteiger partial charge is 0.380 e. The van der Waals surface area contributed by atoms with E-state index in [4.69, 9.17) is 4.74 Å². The molecule has 3 rings (SSSR count). The molecule has 0 bridgehead atoms. The summed E-state index contributed by atoms with van der Waals surface area (Å²) < 4.78 is 7.96. The van der Waals surface area contributed by atoms with Crippen molar-refractivity contribution in [2.75, 3.05) is 19.8 Å². The van der Waals surface area contributed by atoms with Crippen molar-refractivity contribution in [1.82, 2.24) is 14.5 Å². The van der Waals surface area contributed by atoms with Gasteiger partial charge in [0.05, 0.1) is 13.2 Å². The Kier molecular flexibility index (Phi) is 3.66. The van der Waals surface area contributed by atoms with E-state index in [9.17, 15) is 0 Å². The first-order valence-electron chi connectivity index (χ1n) is 7.22. The maximum atomic E-state index is 5.59. The molecule has 18 heavy (non-hydrogen) atoms. The minimum Gasteiger partial charge on any atom is -0.380 e. The number of ether oxygens (including phenoxy) is 1. The van der Waals surface area contributed by atoms with Gasteiger partial charge in [0.1, 0.15) is 5.82 Å². The minimum absolute atomic E-state index is 0.592. The van der Waals surface area contributed by atoms with Crippen LogP contribution in [0.3, 0.4) is 0 Å². The maximum absolute atomic E-state index is 5.59. The molecule has 0 amide bonds. The zero-order valence-electron chi connectivity index (χ0n) is 11.2. The molecule has 2 aliphatic rings. The van der Waals surface area contributed by atoms with Crippen molar-refractivity contribution in [2.45, 2.75) is 51.2 Å². The third-order valence-corrected chi connectivity index (χ3v) is 4.05. The summed E-state index contributed by atoms with van der Waals surface area (Å²) in [6.45, 7) is 5.94. The molecule has 0 spiro atoms. The molecule has 0 unspecified atom stereocenters. The van der Waals surface area contributed by atoms with Crippen molar-refractivity contribution in [3.05, 3.63) is 18.2 Å². The van der Waals surface area contributed by atoms with Crippen LogP contribution in [0.4, 0.5) is 0 Å². The average Bonchev–Trinajstić information content (AvgIpc) is 2.96. The highest BCUT2D eigenvalue weighted by molar-refractivity contribution is 5.00. The summed E-state index contributed by atoms with van der Waals surface area (Å²) in [5, 5.41) is 0. The lowest BCUT2D eigenvalue weighted by Gasteiger charge is -2.24. The number of hydrogen-bond donors (Lipinski definition) is 0. The number of nitrogens with zero attached hydrogens (tertiary/aromatic N) is 3. The molecular formula is C14H23N3O. The van der Waals surface area contributed by atoms with Gasteiger partial charge in [0.2, 0.25) is 0 Å². The highest BCUT2D eigenvalue weighted by atomic mass is 16.5. The Bertz CT molecular complexity index is 386. The van der Waals surface area contributed by atoms with Crippen LogP contribution in [0.2, 0.25) is 0 Å². The molecule has 4 nitrogen and oxygen atoms in total. The highest BCUT2D eigenvalue weighted by Crippen LogP contribution is 2.36. The molecule has 0 radical (unpaired) electrons. The van der Waals surface area contributed by atoms with Crippen LogP contribution in [0.1, 0.15) is 44.5 Å². The third-order valence-electron chi connectivity index (χ3n) is 4.05. The van der Waals surface area contributed by atoms with E-state index >= 15 is 0 Å². The van der Waals surface area contributed by atoms with Crippen molar-refractivity contribution < 1.29 is 4.74 Å². The van der Waals surface area contributed by atoms with Gasteiger partial charge in [-0.2, -0.15) is 0 Å². The quantitative estimate of drug-likeness (QED) is 0.774. The molecule has 1 saturated carbocycles. The van der Waals surface area contributed by atoms with Gasteiger partial charge in [-0.15, -0.1) is 0 Å². The Hall–Kier alpha value is -0.870. The Morgan fingerprint density at radius 1 is 1.39 bits per heavy atom. The molecule has 1 atom stereocenters. The van der Waals surface area contributed by atoms with E-state index in [1.807, 2.05) is 6.20 Å². The molecule has 0 aromatic carbocycles. The normalized spacial score (nSPS) is 24.8. The monoisotopic (exact) mass is 249 g/mol. The van der Waals surface area contributed by atoms with Crippen LogP contribution in [-0.2, 0) is 11.3 Å². The van der Waals surface area contributed by atoms with Gasteiger partial charge in [-0.25, -0.2) is 4.98 Å². The Balaban J connectivity index is 1.62. The van der Waals surface area contributed by atoms with Gasteiger partial charge < -0.3 is 9.30 Å². The van der Waals surface area contributed by atoms with Gasteiger partial charge in [-0.3, -0.25) is 4.90 Å². The number of rotatable bonds is 6. The van der Waals surface area contributed by atoms with Crippen molar-refractivity contribution in [2.24, 2.45) is 0 Å². The molecule has 100 valence electrons. The summed E-state index contributed by atoms with van der Waals surface area (Å²) in [6.07, 6.45) is 9.30. The van der Waals surface area contributed by atoms with Crippen molar-refractivity contribution in [3.8, 4) is 0 Å². The standard InChI is InChI=1S/C14H23N3O/c1-2-18-11-13-4-3-8-16(13)10-14-15-7-9-17(14)12-5-6-12/h7,9,12-13H,2-6,8,10-11H2,1H3/t13-/m1/s1. The van der Waals surface area contributed by atoms with Crippen LogP contribution in [-0.4, -0.2) is 40.3 Å². The van der Waals surface area contributed by atoms with Crippen molar-refractivity contribution in [1.29, 1.82) is 0 Å². The van der Waals surface area contributed by atoms with E-state index in [1.54, 1.807) is 0 Å². The van der Waals surface area contributed by atoms with Crippen LogP contribution in [0.5, 0.6) is 0 Å². The smallest absolute Gasteiger partial charge is 0.123 e. The summed E-state index contributed by atoms with van der Waals surface area (Å²) in [5.41, 5.74) is 0. The fraction of sp³-hybridized carbons (Fsp3) is 0.786. The second kappa shape index (κ2) is 5.41. The summed E-state index contributed by atoms with van der Waals surface area (Å²) in [4.78, 5) is 7.07. The second-order valence-electron chi connectivity index (χ2n) is 5.41. The van der Waals surface area contributed by atoms with Crippen LogP contribution in [0, 0.1) is 0 Å². The first-order chi connectivity index (χ1) is 8.88. The predicted molar refractivity (Wildman–Crippen MR) is 70.4 cm³/mol. The fourth-order valence-electron chi connectivity index (χ4n) is 2.88. The van der Waals surface area contributed by atoms with Crippen LogP contribution >= 0.6 is 0 Å². The van der Waals surface area contributed by atoms with Gasteiger partial charge in [-0.1, -0.05) is 0 Å². The van der Waals surface area contributed by atoms with E-state index in [0.717, 1.165) is 25.8 Å². The van der Waals surface area contributed by atoms with Gasteiger partial charge in [-0.05, 0) is 39.2 Å². The molecule has 1 saturated heterocycles. The Labute approximate surface area is 109 Å². The number of likely N-dealkylation sites (tertiary alicyclic amines) is 1. The van der Waals surface area contributed by atoms with Crippen LogP contribution in [0.25, 0.3) is 0 Å². The van der Waals surface area contributed by atoms with E-state index in [1.165, 1.54) is 38.1 Å². The van der Waals surface area contributed by atoms with E-state index in [2.05, 4.69) is 27.6 Å². The highest BCUT2D eigenvalue weighted by Gasteiger charge is 2.29. The topological polar surface area (TPSA) is 30.3 Å². The predicted octanol–water partition coefficient (Wildman–Crippen LogP) is 2.22. The molecule has 1 aliphatic carbocycles. The van der Waals surface area contributed by atoms with Gasteiger partial charge in [0.25, 0.3) is 0 Å². The van der Waals surface area contributed by atoms with Crippen LogP contribution < -0.4 is 0 Å². The fourth-order valence-corrected chi connectivity index (χ4v) is 2.88. The third kappa shape index (κ3) is 2.59. The van der Waals surface area contributed by atoms with Crippen LogP contribution in [0.15, 0.2) is 12.4 Å². The zero-order valence-corrected chi connectivity index (χ0v) is 11.2. The summed E-state index contributed by atoms with van der Waals surface area (Å²) in [6, 6.07) is 1.32. The second-order valence-corrected chi connectivity index (χ2v) is 5.41. The molecule has 1 aromatic rings. The van der Waals surface area contributed by atoms with E-state index in [0.29, 0.717) is 6.04 Å². The van der Waals surface area contributed by atoms with E-state index in [-0.39, 0.29) is 0 Å². The lowest BCUT2D eigenvalue weighted by Crippen LogP contribution is -2.33. The Morgan fingerprint density at radius 3 is 3.06 bits per heavy atom. The minimum atomic E-state index is 0.592. The SMILES string of the molecule is CCOC[C@H]1CCCN1Cc1nccn1C1CC1. The van der Waals surface area contributed by atoms with E-state index < -0.39 is 0 Å². The maximum Gasteiger partial charge on any atom is 0.123 e. The Morgan fingerprint density at radius 2 is 2.28 bits per heavy atom. The molecule has 0 N–H and O–H groups in total. The van der Waals surface area contributed by atoms with Gasteiger partial charge in [0.15, 0.2) is 0 Å². The average molecular weight is 249 g/mol. The number of aromatic nitrogens is 2. The zero-order chi connectivity index (χ0) is 12.4.